The molecule has 4 aromatic carbocycles. The van der Waals surface area contributed by atoms with Crippen LogP contribution in [0.15, 0.2) is 84.9 Å². The first-order valence-electron chi connectivity index (χ1n) is 18.6. The topological polar surface area (TPSA) is 95.4 Å². The van der Waals surface area contributed by atoms with Gasteiger partial charge in [0.15, 0.2) is 17.3 Å². The molecule has 55 heavy (non-hydrogen) atoms. The molecule has 1 aliphatic heterocycles. The zero-order chi connectivity index (χ0) is 38.9. The van der Waals surface area contributed by atoms with Crippen LogP contribution in [0.25, 0.3) is 11.0 Å². The first kappa shape index (κ1) is 39.6. The van der Waals surface area contributed by atoms with Crippen LogP contribution in [0.4, 0.5) is 4.39 Å². The summed E-state index contributed by atoms with van der Waals surface area (Å²) in [5.41, 5.74) is 3.21. The molecule has 5 aromatic rings. The van der Waals surface area contributed by atoms with Crippen molar-refractivity contribution in [3.8, 4) is 23.0 Å². The lowest BCUT2D eigenvalue weighted by Crippen LogP contribution is -2.38. The van der Waals surface area contributed by atoms with Gasteiger partial charge in [-0.1, -0.05) is 35.9 Å². The fourth-order valence-corrected chi connectivity index (χ4v) is 7.53. The van der Waals surface area contributed by atoms with Gasteiger partial charge in [-0.05, 0) is 112 Å². The number of carbonyl (C=O) groups excluding carboxylic acids is 2. The number of halogens is 2. The molecule has 1 unspecified atom stereocenters. The number of fused-ring (bicyclic) bond motifs is 1. The third-order valence-electron chi connectivity index (χ3n) is 10.3. The molecule has 0 N–H and O–H groups in total. The molecule has 1 aromatic heterocycles. The number of likely N-dealkylation sites (N-methyl/N-ethyl adjacent to an activating group) is 1. The Kier molecular flexibility index (Phi) is 13.3. The number of imidazole rings is 1. The van der Waals surface area contributed by atoms with Gasteiger partial charge in [0, 0.05) is 42.6 Å². The zero-order valence-electron chi connectivity index (χ0n) is 31.8. The Morgan fingerprint density at radius 1 is 0.909 bits per heavy atom. The van der Waals surface area contributed by atoms with E-state index in [-0.39, 0.29) is 29.3 Å². The highest BCUT2D eigenvalue weighted by Gasteiger charge is 2.30. The summed E-state index contributed by atoms with van der Waals surface area (Å²) < 4.78 is 37.5. The summed E-state index contributed by atoms with van der Waals surface area (Å²) in [6.45, 7) is 3.83. The molecule has 1 fully saturated rings. The van der Waals surface area contributed by atoms with Crippen LogP contribution >= 0.6 is 11.6 Å². The van der Waals surface area contributed by atoms with E-state index >= 15 is 0 Å². The average Bonchev–Trinajstić information content (AvgIpc) is 3.58. The summed E-state index contributed by atoms with van der Waals surface area (Å²) >= 11 is 6.44. The Morgan fingerprint density at radius 2 is 1.62 bits per heavy atom. The number of amides is 1. The number of likely N-dealkylation sites (tertiary alicyclic amines) is 1. The van der Waals surface area contributed by atoms with Crippen LogP contribution < -0.4 is 18.9 Å². The summed E-state index contributed by atoms with van der Waals surface area (Å²) in [4.78, 5) is 36.7. The normalized spacial score (nSPS) is 14.1. The Hall–Kier alpha value is -5.13. The lowest BCUT2D eigenvalue weighted by molar-refractivity contribution is 0.0778. The number of benzene rings is 4. The van der Waals surface area contributed by atoms with Crippen LogP contribution in [0.5, 0.6) is 23.0 Å². The minimum atomic E-state index is -0.306. The maximum atomic E-state index is 14.0. The molecule has 1 aliphatic rings. The van der Waals surface area contributed by atoms with E-state index in [0.29, 0.717) is 65.5 Å². The molecule has 6 rings (SSSR count). The number of ether oxygens (including phenoxy) is 4. The van der Waals surface area contributed by atoms with Crippen molar-refractivity contribution in [2.24, 2.45) is 5.92 Å². The lowest BCUT2D eigenvalue weighted by atomic mass is 9.90. The fraction of sp³-hybridized carbons (Fsp3) is 0.372. The van der Waals surface area contributed by atoms with Gasteiger partial charge in [0.05, 0.1) is 39.0 Å². The third-order valence-corrected chi connectivity index (χ3v) is 10.5. The number of aryl methyl sites for hydroxylation is 1. The van der Waals surface area contributed by atoms with Crippen molar-refractivity contribution >= 4 is 34.3 Å². The molecule has 0 aliphatic carbocycles. The van der Waals surface area contributed by atoms with Gasteiger partial charge in [-0.3, -0.25) is 9.59 Å². The maximum absolute atomic E-state index is 14.0. The smallest absolute Gasteiger partial charge is 0.253 e. The van der Waals surface area contributed by atoms with Crippen LogP contribution in [-0.2, 0) is 6.54 Å². The minimum absolute atomic E-state index is 0.0148. The van der Waals surface area contributed by atoms with Crippen LogP contribution in [0.2, 0.25) is 5.02 Å². The van der Waals surface area contributed by atoms with Crippen molar-refractivity contribution < 1.29 is 32.9 Å². The van der Waals surface area contributed by atoms with Crippen molar-refractivity contribution in [2.45, 2.75) is 38.1 Å². The molecular formula is C43H48ClFN4O6. The molecule has 290 valence electrons. The summed E-state index contributed by atoms with van der Waals surface area (Å²) in [5.74, 6) is 1.83. The van der Waals surface area contributed by atoms with Gasteiger partial charge < -0.3 is 33.3 Å². The van der Waals surface area contributed by atoms with Crippen molar-refractivity contribution in [3.63, 3.8) is 0 Å². The van der Waals surface area contributed by atoms with Crippen molar-refractivity contribution in [1.82, 2.24) is 19.4 Å². The molecule has 0 spiro atoms. The highest BCUT2D eigenvalue weighted by atomic mass is 35.5. The summed E-state index contributed by atoms with van der Waals surface area (Å²) in [7, 11) is 6.38. The van der Waals surface area contributed by atoms with E-state index in [2.05, 4.69) is 11.0 Å². The predicted molar refractivity (Wildman–Crippen MR) is 212 cm³/mol. The molecule has 2 heterocycles. The van der Waals surface area contributed by atoms with E-state index in [1.807, 2.05) is 47.0 Å². The number of hydrogen-bond donors (Lipinski definition) is 0. The van der Waals surface area contributed by atoms with E-state index in [0.717, 1.165) is 55.5 Å². The highest BCUT2D eigenvalue weighted by molar-refractivity contribution is 6.30. The van der Waals surface area contributed by atoms with Gasteiger partial charge in [-0.15, -0.1) is 0 Å². The Morgan fingerprint density at radius 3 is 2.29 bits per heavy atom. The van der Waals surface area contributed by atoms with Crippen molar-refractivity contribution in [1.29, 1.82) is 0 Å². The average molecular weight is 771 g/mol. The first-order valence-corrected chi connectivity index (χ1v) is 19.0. The number of rotatable bonds is 17. The van der Waals surface area contributed by atoms with Gasteiger partial charge >= 0.3 is 0 Å². The van der Waals surface area contributed by atoms with E-state index in [9.17, 15) is 14.0 Å². The SMILES string of the molecule is COc1cc(C(=O)N(C)CC(CCN2CCC(C(=O)c3nc4ccccc4n3CCCOc3ccc(F)cc3)CC2)c2cccc(Cl)c2)cc(OC)c1OC. The first-order chi connectivity index (χ1) is 26.7. The van der Waals surface area contributed by atoms with E-state index in [1.165, 1.54) is 33.5 Å². The van der Waals surface area contributed by atoms with Crippen LogP contribution in [0.1, 0.15) is 58.1 Å². The maximum Gasteiger partial charge on any atom is 0.253 e. The Bertz CT molecular complexity index is 2060. The molecule has 0 radical (unpaired) electrons. The number of aromatic nitrogens is 2. The lowest BCUT2D eigenvalue weighted by Gasteiger charge is -2.33. The predicted octanol–water partition coefficient (Wildman–Crippen LogP) is 8.16. The molecule has 10 nitrogen and oxygen atoms in total. The number of hydrogen-bond acceptors (Lipinski definition) is 8. The number of carbonyl (C=O) groups is 2. The number of para-hydroxylation sites is 2. The second-order valence-electron chi connectivity index (χ2n) is 13.9. The minimum Gasteiger partial charge on any atom is -0.494 e. The molecule has 12 heteroatoms. The van der Waals surface area contributed by atoms with Gasteiger partial charge in [0.2, 0.25) is 11.5 Å². The summed E-state index contributed by atoms with van der Waals surface area (Å²) in [6.07, 6.45) is 2.92. The van der Waals surface area contributed by atoms with Gasteiger partial charge in [-0.25, -0.2) is 9.37 Å². The van der Waals surface area contributed by atoms with Crippen LogP contribution in [0.3, 0.4) is 0 Å². The third kappa shape index (κ3) is 9.58. The quantitative estimate of drug-likeness (QED) is 0.0691. The number of methoxy groups -OCH3 is 3. The van der Waals surface area contributed by atoms with Gasteiger partial charge in [-0.2, -0.15) is 0 Å². The highest BCUT2D eigenvalue weighted by Crippen LogP contribution is 2.38. The second-order valence-corrected chi connectivity index (χ2v) is 14.3. The fourth-order valence-electron chi connectivity index (χ4n) is 7.34. The van der Waals surface area contributed by atoms with Crippen LogP contribution in [0, 0.1) is 11.7 Å². The van der Waals surface area contributed by atoms with Gasteiger partial charge in [0.25, 0.3) is 5.91 Å². The number of Topliss-reactive ketones (excluding diaryl/α,β-unsaturated/α-hetero) is 1. The molecule has 1 amide bonds. The summed E-state index contributed by atoms with van der Waals surface area (Å²) in [5, 5.41) is 0.645. The molecule has 1 atom stereocenters. The largest absolute Gasteiger partial charge is 0.494 e. The molecule has 0 bridgehead atoms. The van der Waals surface area contributed by atoms with Crippen molar-refractivity contribution in [2.75, 3.05) is 61.2 Å². The molecular weight excluding hydrogens is 723 g/mol. The summed E-state index contributed by atoms with van der Waals surface area (Å²) in [6, 6.07) is 24.9. The van der Waals surface area contributed by atoms with E-state index < -0.39 is 0 Å². The number of ketones is 1. The molecule has 1 saturated heterocycles. The zero-order valence-corrected chi connectivity index (χ0v) is 32.6. The molecule has 0 saturated carbocycles. The van der Waals surface area contributed by atoms with Gasteiger partial charge in [0.1, 0.15) is 11.6 Å². The van der Waals surface area contributed by atoms with Crippen molar-refractivity contribution in [3.05, 3.63) is 113 Å². The standard InChI is InChI=1S/C43H48ClFN4O6/c1-47(43(51)32-26-38(52-2)41(54-4)39(27-32)53-3)28-31(30-9-7-10-33(44)25-30)19-23-48-21-17-29(18-22-48)40(50)42-46-36-11-5-6-12-37(36)49(42)20-8-24-55-35-15-13-34(45)14-16-35/h5-7,9-16,25-27,29,31H,8,17-24,28H2,1-4H3. The second kappa shape index (κ2) is 18.5. The van der Waals surface area contributed by atoms with E-state index in [4.69, 9.17) is 35.5 Å². The number of nitrogens with zero attached hydrogens (tertiary/aromatic N) is 4. The van der Waals surface area contributed by atoms with E-state index in [1.54, 1.807) is 36.2 Å². The Labute approximate surface area is 326 Å². The monoisotopic (exact) mass is 770 g/mol. The Balaban J connectivity index is 1.08. The number of piperidine rings is 1. The van der Waals surface area contributed by atoms with Crippen LogP contribution in [-0.4, -0.2) is 92.2 Å².